The number of rotatable bonds is 1. The molecule has 1 heterocycles. The monoisotopic (exact) mass is 178 g/mol. The first kappa shape index (κ1) is 8.16. The summed E-state index contributed by atoms with van der Waals surface area (Å²) in [6.45, 7) is 0. The van der Waals surface area contributed by atoms with E-state index in [1.54, 1.807) is 6.20 Å². The lowest BCUT2D eigenvalue weighted by atomic mass is 9.96. The van der Waals surface area contributed by atoms with Crippen LogP contribution in [-0.4, -0.2) is 22.9 Å². The van der Waals surface area contributed by atoms with Gasteiger partial charge in [0.15, 0.2) is 5.78 Å². The first-order chi connectivity index (χ1) is 6.31. The molecule has 1 aromatic rings. The maximum absolute atomic E-state index is 11.4. The van der Waals surface area contributed by atoms with E-state index in [-0.39, 0.29) is 11.8 Å². The van der Waals surface area contributed by atoms with Crippen molar-refractivity contribution in [2.45, 2.75) is 19.3 Å². The molecule has 4 heteroatoms. The zero-order chi connectivity index (χ0) is 9.26. The Bertz CT molecular complexity index is 349. The number of aromatic nitrogens is 2. The van der Waals surface area contributed by atoms with Gasteiger partial charge >= 0.3 is 6.01 Å². The number of fused-ring (bicyclic) bond motifs is 1. The van der Waals surface area contributed by atoms with Crippen LogP contribution in [0.25, 0.3) is 0 Å². The van der Waals surface area contributed by atoms with Gasteiger partial charge in [0.05, 0.1) is 7.11 Å². The summed E-state index contributed by atoms with van der Waals surface area (Å²) < 4.78 is 4.85. The Balaban J connectivity index is 2.47. The highest BCUT2D eigenvalue weighted by Gasteiger charge is 2.19. The molecule has 0 saturated heterocycles. The molecule has 13 heavy (non-hydrogen) atoms. The lowest BCUT2D eigenvalue weighted by molar-refractivity contribution is 0.0965. The highest BCUT2D eigenvalue weighted by Crippen LogP contribution is 2.19. The fraction of sp³-hybridized carbons (Fsp3) is 0.444. The van der Waals surface area contributed by atoms with Crippen molar-refractivity contribution in [3.05, 3.63) is 17.5 Å². The summed E-state index contributed by atoms with van der Waals surface area (Å²) in [7, 11) is 1.50. The molecule has 0 N–H and O–H groups in total. The molecule has 0 atom stereocenters. The number of aryl methyl sites for hydroxylation is 1. The molecule has 0 fully saturated rings. The number of carbonyl (C=O) groups excluding carboxylic acids is 1. The second kappa shape index (κ2) is 3.12. The molecular formula is C9H10N2O2. The van der Waals surface area contributed by atoms with Crippen molar-refractivity contribution < 1.29 is 9.53 Å². The van der Waals surface area contributed by atoms with Gasteiger partial charge in [-0.2, -0.15) is 4.98 Å². The van der Waals surface area contributed by atoms with Crippen molar-refractivity contribution in [3.8, 4) is 6.01 Å². The van der Waals surface area contributed by atoms with Crippen LogP contribution in [0.1, 0.15) is 28.9 Å². The summed E-state index contributed by atoms with van der Waals surface area (Å²) in [5.41, 5.74) is 1.48. The van der Waals surface area contributed by atoms with Crippen LogP contribution >= 0.6 is 0 Å². The van der Waals surface area contributed by atoms with E-state index in [0.717, 1.165) is 18.4 Å². The molecule has 68 valence electrons. The average molecular weight is 178 g/mol. The van der Waals surface area contributed by atoms with Gasteiger partial charge in [-0.3, -0.25) is 4.79 Å². The van der Waals surface area contributed by atoms with Crippen LogP contribution in [0.5, 0.6) is 6.01 Å². The van der Waals surface area contributed by atoms with Gasteiger partial charge < -0.3 is 4.74 Å². The van der Waals surface area contributed by atoms with Crippen molar-refractivity contribution in [3.63, 3.8) is 0 Å². The third-order valence-corrected chi connectivity index (χ3v) is 2.14. The Morgan fingerprint density at radius 2 is 2.31 bits per heavy atom. The zero-order valence-corrected chi connectivity index (χ0v) is 7.41. The number of hydrogen-bond donors (Lipinski definition) is 0. The average Bonchev–Trinajstić information content (AvgIpc) is 2.18. The van der Waals surface area contributed by atoms with Crippen LogP contribution in [0.4, 0.5) is 0 Å². The summed E-state index contributed by atoms with van der Waals surface area (Å²) >= 11 is 0. The van der Waals surface area contributed by atoms with Crippen LogP contribution in [0.2, 0.25) is 0 Å². The van der Waals surface area contributed by atoms with E-state index in [0.29, 0.717) is 12.1 Å². The van der Waals surface area contributed by atoms with Crippen molar-refractivity contribution in [2.24, 2.45) is 0 Å². The van der Waals surface area contributed by atoms with Gasteiger partial charge in [-0.15, -0.1) is 0 Å². The van der Waals surface area contributed by atoms with Crippen molar-refractivity contribution >= 4 is 5.78 Å². The number of ether oxygens (including phenoxy) is 1. The zero-order valence-electron chi connectivity index (χ0n) is 7.41. The quantitative estimate of drug-likeness (QED) is 0.643. The van der Waals surface area contributed by atoms with Gasteiger partial charge in [-0.25, -0.2) is 4.98 Å². The molecule has 0 amide bonds. The van der Waals surface area contributed by atoms with Crippen molar-refractivity contribution in [1.82, 2.24) is 9.97 Å². The lowest BCUT2D eigenvalue weighted by Crippen LogP contribution is -2.14. The van der Waals surface area contributed by atoms with E-state index in [1.165, 1.54) is 7.11 Å². The van der Waals surface area contributed by atoms with E-state index in [2.05, 4.69) is 9.97 Å². The third-order valence-electron chi connectivity index (χ3n) is 2.14. The molecule has 0 spiro atoms. The largest absolute Gasteiger partial charge is 0.467 e. The maximum atomic E-state index is 11.4. The fourth-order valence-electron chi connectivity index (χ4n) is 1.47. The SMILES string of the molecule is COc1ncc2c(n1)C(=O)CCC2. The Kier molecular flexibility index (Phi) is 1.96. The molecule has 0 bridgehead atoms. The predicted molar refractivity (Wildman–Crippen MR) is 45.9 cm³/mol. The van der Waals surface area contributed by atoms with E-state index >= 15 is 0 Å². The van der Waals surface area contributed by atoms with Gasteiger partial charge in [-0.1, -0.05) is 0 Å². The Morgan fingerprint density at radius 3 is 3.08 bits per heavy atom. The summed E-state index contributed by atoms with van der Waals surface area (Å²) in [6, 6.07) is 0.272. The summed E-state index contributed by atoms with van der Waals surface area (Å²) in [5.74, 6) is 0.0990. The Labute approximate surface area is 76.0 Å². The van der Waals surface area contributed by atoms with Gasteiger partial charge in [0.2, 0.25) is 0 Å². The molecular weight excluding hydrogens is 168 g/mol. The van der Waals surface area contributed by atoms with E-state index in [4.69, 9.17) is 4.74 Å². The topological polar surface area (TPSA) is 52.1 Å². The number of methoxy groups -OCH3 is 1. The van der Waals surface area contributed by atoms with E-state index in [9.17, 15) is 4.79 Å². The minimum absolute atomic E-state index is 0.0990. The number of carbonyl (C=O) groups is 1. The molecule has 1 aliphatic rings. The highest BCUT2D eigenvalue weighted by molar-refractivity contribution is 5.96. The first-order valence-corrected chi connectivity index (χ1v) is 4.24. The smallest absolute Gasteiger partial charge is 0.316 e. The molecule has 0 radical (unpaired) electrons. The third kappa shape index (κ3) is 1.39. The summed E-state index contributed by atoms with van der Waals surface area (Å²) in [5, 5.41) is 0. The van der Waals surface area contributed by atoms with Crippen LogP contribution in [0.3, 0.4) is 0 Å². The fourth-order valence-corrected chi connectivity index (χ4v) is 1.47. The molecule has 1 aromatic heterocycles. The normalized spacial score (nSPS) is 15.3. The molecule has 1 aliphatic carbocycles. The number of ketones is 1. The molecule has 0 saturated carbocycles. The molecule has 0 aliphatic heterocycles. The van der Waals surface area contributed by atoms with E-state index < -0.39 is 0 Å². The highest BCUT2D eigenvalue weighted by atomic mass is 16.5. The van der Waals surface area contributed by atoms with Crippen LogP contribution in [0, 0.1) is 0 Å². The Hall–Kier alpha value is -1.45. The first-order valence-electron chi connectivity index (χ1n) is 4.24. The second-order valence-electron chi connectivity index (χ2n) is 3.01. The van der Waals surface area contributed by atoms with Gasteiger partial charge in [-0.05, 0) is 12.8 Å². The molecule has 2 rings (SSSR count). The second-order valence-corrected chi connectivity index (χ2v) is 3.01. The van der Waals surface area contributed by atoms with Gasteiger partial charge in [0.1, 0.15) is 5.69 Å². The van der Waals surface area contributed by atoms with Crippen molar-refractivity contribution in [2.75, 3.05) is 7.11 Å². The molecule has 4 nitrogen and oxygen atoms in total. The van der Waals surface area contributed by atoms with Crippen LogP contribution in [0.15, 0.2) is 6.20 Å². The number of nitrogens with zero attached hydrogens (tertiary/aromatic N) is 2. The molecule has 0 unspecified atom stereocenters. The maximum Gasteiger partial charge on any atom is 0.316 e. The van der Waals surface area contributed by atoms with Gasteiger partial charge in [0.25, 0.3) is 0 Å². The van der Waals surface area contributed by atoms with Crippen molar-refractivity contribution in [1.29, 1.82) is 0 Å². The summed E-state index contributed by atoms with van der Waals surface area (Å²) in [6.07, 6.45) is 4.07. The minimum Gasteiger partial charge on any atom is -0.467 e. The molecule has 0 aromatic carbocycles. The minimum atomic E-state index is 0.0990. The number of hydrogen-bond acceptors (Lipinski definition) is 4. The van der Waals surface area contributed by atoms with Crippen LogP contribution in [-0.2, 0) is 6.42 Å². The van der Waals surface area contributed by atoms with Crippen LogP contribution < -0.4 is 4.74 Å². The van der Waals surface area contributed by atoms with Gasteiger partial charge in [0, 0.05) is 18.2 Å². The predicted octanol–water partition coefficient (Wildman–Crippen LogP) is 1.00. The standard InChI is InChI=1S/C9H10N2O2/c1-13-9-10-5-6-3-2-4-7(12)8(6)11-9/h5H,2-4H2,1H3. The lowest BCUT2D eigenvalue weighted by Gasteiger charge is -2.12. The van der Waals surface area contributed by atoms with E-state index in [1.807, 2.05) is 0 Å². The Morgan fingerprint density at radius 1 is 1.46 bits per heavy atom. The summed E-state index contributed by atoms with van der Waals surface area (Å²) in [4.78, 5) is 19.4. The number of Topliss-reactive ketones (excluding diaryl/α,β-unsaturated/α-hetero) is 1.